The first-order valence-electron chi connectivity index (χ1n) is 10.8. The molecule has 2 aromatic carbocycles. The lowest BCUT2D eigenvalue weighted by Gasteiger charge is -2.35. The van der Waals surface area contributed by atoms with Gasteiger partial charge in [-0.05, 0) is 62.4 Å². The summed E-state index contributed by atoms with van der Waals surface area (Å²) in [6.07, 6.45) is 1.01. The van der Waals surface area contributed by atoms with Gasteiger partial charge in [0.05, 0.1) is 23.0 Å². The van der Waals surface area contributed by atoms with E-state index in [-0.39, 0.29) is 35.5 Å². The zero-order valence-corrected chi connectivity index (χ0v) is 20.6. The minimum absolute atomic E-state index is 0.0589. The molecule has 1 fully saturated rings. The number of nitrogens with zero attached hydrogens (tertiary/aromatic N) is 3. The largest absolute Gasteiger partial charge is 0.307 e. The van der Waals surface area contributed by atoms with E-state index in [0.717, 1.165) is 11.1 Å². The molecule has 1 heterocycles. The summed E-state index contributed by atoms with van der Waals surface area (Å²) in [5, 5.41) is 6.84. The van der Waals surface area contributed by atoms with E-state index in [1.54, 1.807) is 24.3 Å². The van der Waals surface area contributed by atoms with Crippen LogP contribution in [0.1, 0.15) is 24.0 Å². The molecular weight excluding hydrogens is 480 g/mol. The molecule has 184 valence electrons. The monoisotopic (exact) mass is 508 g/mol. The lowest BCUT2D eigenvalue weighted by Crippen LogP contribution is -2.50. The van der Waals surface area contributed by atoms with Crippen LogP contribution in [0.25, 0.3) is 10.4 Å². The van der Waals surface area contributed by atoms with Gasteiger partial charge in [0.1, 0.15) is 0 Å². The first-order valence-corrected chi connectivity index (χ1v) is 13.6. The molecule has 1 unspecified atom stereocenters. The fourth-order valence-electron chi connectivity index (χ4n) is 3.79. The standard InChI is InChI=1S/C22H28N4O6S2/c1-16-3-7-21(8-4-16)33(27,28)31-14-19-11-18(13-24-26-23)12-20(25-19)15-32-34(29,30)22-9-5-17(2)6-10-22/h3-10,18-20,25H,11-15H2,1-2H3/t18?,19-,20+. The average molecular weight is 509 g/mol. The minimum atomic E-state index is -3.95. The highest BCUT2D eigenvalue weighted by atomic mass is 32.2. The van der Waals surface area contributed by atoms with Gasteiger partial charge in [0.2, 0.25) is 0 Å². The van der Waals surface area contributed by atoms with Crippen molar-refractivity contribution >= 4 is 20.2 Å². The number of benzene rings is 2. The summed E-state index contributed by atoms with van der Waals surface area (Å²) in [7, 11) is -7.91. The van der Waals surface area contributed by atoms with Crippen LogP contribution in [-0.4, -0.2) is 48.7 Å². The number of aryl methyl sites for hydroxylation is 2. The van der Waals surface area contributed by atoms with Crippen LogP contribution in [0.2, 0.25) is 0 Å². The lowest BCUT2D eigenvalue weighted by atomic mass is 9.88. The van der Waals surface area contributed by atoms with Crippen LogP contribution in [0, 0.1) is 19.8 Å². The van der Waals surface area contributed by atoms with Crippen LogP contribution in [0.3, 0.4) is 0 Å². The Hall–Kier alpha value is -2.47. The summed E-state index contributed by atoms with van der Waals surface area (Å²) in [5.41, 5.74) is 10.5. The smallest absolute Gasteiger partial charge is 0.297 e. The number of hydrogen-bond acceptors (Lipinski definition) is 8. The predicted molar refractivity (Wildman–Crippen MR) is 126 cm³/mol. The Morgan fingerprint density at radius 1 is 0.853 bits per heavy atom. The van der Waals surface area contributed by atoms with Gasteiger partial charge in [0, 0.05) is 23.5 Å². The number of rotatable bonds is 10. The van der Waals surface area contributed by atoms with Crippen molar-refractivity contribution in [2.75, 3.05) is 19.8 Å². The molecule has 0 amide bonds. The van der Waals surface area contributed by atoms with Crippen LogP contribution >= 0.6 is 0 Å². The Labute approximate surface area is 200 Å². The van der Waals surface area contributed by atoms with E-state index in [1.165, 1.54) is 24.3 Å². The predicted octanol–water partition coefficient (Wildman–Crippen LogP) is 3.46. The van der Waals surface area contributed by atoms with Crippen molar-refractivity contribution in [3.8, 4) is 0 Å². The Kier molecular flexibility index (Phi) is 8.69. The third-order valence-electron chi connectivity index (χ3n) is 5.58. The van der Waals surface area contributed by atoms with E-state index in [9.17, 15) is 16.8 Å². The average Bonchev–Trinajstić information content (AvgIpc) is 2.81. The topological polar surface area (TPSA) is 148 Å². The van der Waals surface area contributed by atoms with Gasteiger partial charge in [0.25, 0.3) is 20.2 Å². The van der Waals surface area contributed by atoms with E-state index in [4.69, 9.17) is 13.9 Å². The number of azide groups is 1. The summed E-state index contributed by atoms with van der Waals surface area (Å²) < 4.78 is 60.7. The summed E-state index contributed by atoms with van der Waals surface area (Å²) in [4.78, 5) is 2.91. The van der Waals surface area contributed by atoms with Crippen LogP contribution in [0.5, 0.6) is 0 Å². The SMILES string of the molecule is Cc1ccc(S(=O)(=O)OC[C@@H]2CC(CN=[N+]=[N-])C[C@H](COS(=O)(=O)c3ccc(C)cc3)N2)cc1. The summed E-state index contributed by atoms with van der Waals surface area (Å²) in [6, 6.07) is 11.9. The second kappa shape index (κ2) is 11.3. The third kappa shape index (κ3) is 7.26. The summed E-state index contributed by atoms with van der Waals surface area (Å²) >= 11 is 0. The first kappa shape index (κ1) is 26.1. The van der Waals surface area contributed by atoms with Crippen molar-refractivity contribution in [3.05, 3.63) is 70.1 Å². The number of hydrogen-bond donors (Lipinski definition) is 1. The molecule has 1 saturated heterocycles. The van der Waals surface area contributed by atoms with Gasteiger partial charge in [-0.1, -0.05) is 40.5 Å². The molecule has 1 N–H and O–H groups in total. The fraction of sp³-hybridized carbons (Fsp3) is 0.455. The molecule has 3 rings (SSSR count). The summed E-state index contributed by atoms with van der Waals surface area (Å²) in [5.74, 6) is -0.0801. The quantitative estimate of drug-likeness (QED) is 0.224. The maximum atomic E-state index is 12.5. The van der Waals surface area contributed by atoms with Crippen molar-refractivity contribution in [2.45, 2.75) is 48.6 Å². The van der Waals surface area contributed by atoms with Crippen molar-refractivity contribution < 1.29 is 25.2 Å². The molecule has 1 aliphatic heterocycles. The molecule has 0 bridgehead atoms. The molecule has 2 aromatic rings. The molecule has 12 heteroatoms. The van der Waals surface area contributed by atoms with Crippen molar-refractivity contribution in [1.29, 1.82) is 0 Å². The number of nitrogens with one attached hydrogen (secondary N) is 1. The van der Waals surface area contributed by atoms with Crippen LogP contribution in [0.15, 0.2) is 63.4 Å². The van der Waals surface area contributed by atoms with E-state index >= 15 is 0 Å². The first-order chi connectivity index (χ1) is 16.1. The highest BCUT2D eigenvalue weighted by Crippen LogP contribution is 2.24. The zero-order valence-electron chi connectivity index (χ0n) is 19.0. The van der Waals surface area contributed by atoms with Gasteiger partial charge >= 0.3 is 0 Å². The zero-order chi connectivity index (χ0) is 24.8. The molecule has 0 radical (unpaired) electrons. The second-order valence-corrected chi connectivity index (χ2v) is 11.6. The second-order valence-electron chi connectivity index (χ2n) is 8.41. The Morgan fingerprint density at radius 3 is 1.65 bits per heavy atom. The Morgan fingerprint density at radius 2 is 1.26 bits per heavy atom. The van der Waals surface area contributed by atoms with Gasteiger partial charge in [0.15, 0.2) is 0 Å². The van der Waals surface area contributed by atoms with Crippen LogP contribution in [0.4, 0.5) is 0 Å². The molecular formula is C22H28N4O6S2. The molecule has 0 aliphatic carbocycles. The molecule has 0 aromatic heterocycles. The Balaban J connectivity index is 1.65. The van der Waals surface area contributed by atoms with Gasteiger partial charge < -0.3 is 5.32 Å². The molecule has 3 atom stereocenters. The molecule has 0 saturated carbocycles. The van der Waals surface area contributed by atoms with Gasteiger partial charge in [-0.3, -0.25) is 8.37 Å². The van der Waals surface area contributed by atoms with E-state index in [1.807, 2.05) is 13.8 Å². The van der Waals surface area contributed by atoms with Crippen molar-refractivity contribution in [1.82, 2.24) is 5.32 Å². The molecule has 34 heavy (non-hydrogen) atoms. The van der Waals surface area contributed by atoms with E-state index in [2.05, 4.69) is 15.3 Å². The maximum Gasteiger partial charge on any atom is 0.297 e. The normalized spacial score (nSPS) is 21.1. The van der Waals surface area contributed by atoms with E-state index < -0.39 is 32.3 Å². The summed E-state index contributed by atoms with van der Waals surface area (Å²) in [6.45, 7) is 3.62. The fourth-order valence-corrected chi connectivity index (χ4v) is 5.69. The highest BCUT2D eigenvalue weighted by Gasteiger charge is 2.31. The van der Waals surface area contributed by atoms with Gasteiger partial charge in [-0.15, -0.1) is 0 Å². The van der Waals surface area contributed by atoms with Gasteiger partial charge in [-0.2, -0.15) is 16.8 Å². The third-order valence-corrected chi connectivity index (χ3v) is 8.17. The molecule has 1 aliphatic rings. The molecule has 0 spiro atoms. The maximum absolute atomic E-state index is 12.5. The molecule has 10 nitrogen and oxygen atoms in total. The Bertz CT molecular complexity index is 1140. The van der Waals surface area contributed by atoms with Gasteiger partial charge in [-0.25, -0.2) is 0 Å². The lowest BCUT2D eigenvalue weighted by molar-refractivity contribution is 0.150. The number of piperidine rings is 1. The van der Waals surface area contributed by atoms with Crippen LogP contribution < -0.4 is 5.32 Å². The highest BCUT2D eigenvalue weighted by molar-refractivity contribution is 7.87. The van der Waals surface area contributed by atoms with Crippen molar-refractivity contribution in [3.63, 3.8) is 0 Å². The van der Waals surface area contributed by atoms with E-state index in [0.29, 0.717) is 12.8 Å². The van der Waals surface area contributed by atoms with Crippen molar-refractivity contribution in [2.24, 2.45) is 11.0 Å². The minimum Gasteiger partial charge on any atom is -0.307 e. The van der Waals surface area contributed by atoms with Crippen LogP contribution in [-0.2, 0) is 28.6 Å².